The molecule has 0 bridgehead atoms. The Morgan fingerprint density at radius 3 is 2.29 bits per heavy atom. The largest absolute Gasteiger partial charge is 0.336 e. The maximum absolute atomic E-state index is 4.49. The second kappa shape index (κ2) is 7.92. The van der Waals surface area contributed by atoms with Crippen molar-refractivity contribution in [2.45, 2.75) is 26.8 Å². The molecule has 0 unspecified atom stereocenters. The van der Waals surface area contributed by atoms with E-state index in [1.165, 1.54) is 50.2 Å². The summed E-state index contributed by atoms with van der Waals surface area (Å²) in [6.45, 7) is 9.73. The molecule has 0 saturated carbocycles. The Bertz CT molecular complexity index is 1260. The van der Waals surface area contributed by atoms with E-state index in [4.69, 9.17) is 0 Å². The summed E-state index contributed by atoms with van der Waals surface area (Å²) in [4.78, 5) is 2.34. The number of aryl methyl sites for hydroxylation is 1. The lowest BCUT2D eigenvalue weighted by molar-refractivity contribution is 0.969. The fraction of sp³-hybridized carbons (Fsp3) is 0.133. The fourth-order valence-electron chi connectivity index (χ4n) is 4.55. The van der Waals surface area contributed by atoms with Crippen molar-refractivity contribution >= 4 is 11.4 Å². The summed E-state index contributed by atoms with van der Waals surface area (Å²) in [5.74, 6) is 0. The molecule has 0 N–H and O–H groups in total. The van der Waals surface area contributed by atoms with E-state index in [1.54, 1.807) is 0 Å². The third kappa shape index (κ3) is 3.57. The van der Waals surface area contributed by atoms with Gasteiger partial charge in [0.25, 0.3) is 0 Å². The minimum atomic E-state index is 0.844. The SMILES string of the molecule is C=C(c1ccc(Cc2cccc(C)c2C)cc1)N1Cc2ccccc2-c2ccccc21. The van der Waals surface area contributed by atoms with Crippen LogP contribution < -0.4 is 4.90 Å². The number of hydrogen-bond donors (Lipinski definition) is 0. The highest BCUT2D eigenvalue weighted by Gasteiger charge is 2.23. The molecule has 1 heteroatoms. The van der Waals surface area contributed by atoms with Crippen LogP contribution in [0.15, 0.2) is 97.6 Å². The summed E-state index contributed by atoms with van der Waals surface area (Å²) < 4.78 is 0. The Morgan fingerprint density at radius 1 is 0.774 bits per heavy atom. The predicted molar refractivity (Wildman–Crippen MR) is 132 cm³/mol. The number of anilines is 1. The first kappa shape index (κ1) is 19.4. The number of para-hydroxylation sites is 1. The van der Waals surface area contributed by atoms with Crippen molar-refractivity contribution in [2.24, 2.45) is 0 Å². The highest BCUT2D eigenvalue weighted by atomic mass is 15.1. The molecule has 0 atom stereocenters. The lowest BCUT2D eigenvalue weighted by atomic mass is 9.92. The van der Waals surface area contributed by atoms with Gasteiger partial charge < -0.3 is 4.90 Å². The molecule has 4 aromatic rings. The van der Waals surface area contributed by atoms with E-state index in [1.807, 2.05) is 0 Å². The molecule has 1 heterocycles. The summed E-state index contributed by atoms with van der Waals surface area (Å²) in [5.41, 5.74) is 12.8. The maximum atomic E-state index is 4.49. The first-order valence-electron chi connectivity index (χ1n) is 10.9. The van der Waals surface area contributed by atoms with Crippen molar-refractivity contribution in [1.29, 1.82) is 0 Å². The monoisotopic (exact) mass is 401 g/mol. The van der Waals surface area contributed by atoms with Crippen LogP contribution in [0.4, 0.5) is 5.69 Å². The molecule has 4 aromatic carbocycles. The third-order valence-corrected chi connectivity index (χ3v) is 6.56. The molecule has 0 amide bonds. The highest BCUT2D eigenvalue weighted by Crippen LogP contribution is 2.41. The second-order valence-electron chi connectivity index (χ2n) is 8.44. The first-order chi connectivity index (χ1) is 15.1. The number of fused-ring (bicyclic) bond motifs is 3. The van der Waals surface area contributed by atoms with Crippen LogP contribution in [0.3, 0.4) is 0 Å². The van der Waals surface area contributed by atoms with Crippen LogP contribution in [0.1, 0.15) is 33.4 Å². The zero-order valence-electron chi connectivity index (χ0n) is 18.2. The van der Waals surface area contributed by atoms with Gasteiger partial charge in [-0.3, -0.25) is 0 Å². The molecule has 0 aromatic heterocycles. The van der Waals surface area contributed by atoms with Crippen LogP contribution in [0.2, 0.25) is 0 Å². The Kier molecular flexibility index (Phi) is 4.95. The van der Waals surface area contributed by atoms with Crippen molar-refractivity contribution in [3.05, 3.63) is 131 Å². The minimum Gasteiger partial charge on any atom is -0.336 e. The molecule has 5 rings (SSSR count). The quantitative estimate of drug-likeness (QED) is 0.341. The van der Waals surface area contributed by atoms with Crippen molar-refractivity contribution in [2.75, 3.05) is 4.90 Å². The van der Waals surface area contributed by atoms with E-state index in [-0.39, 0.29) is 0 Å². The van der Waals surface area contributed by atoms with Gasteiger partial charge in [-0.15, -0.1) is 0 Å². The maximum Gasteiger partial charge on any atom is 0.0493 e. The van der Waals surface area contributed by atoms with Gasteiger partial charge in [0, 0.05) is 23.5 Å². The smallest absolute Gasteiger partial charge is 0.0493 e. The molecule has 0 saturated heterocycles. The van der Waals surface area contributed by atoms with Gasteiger partial charge in [-0.2, -0.15) is 0 Å². The molecular weight excluding hydrogens is 374 g/mol. The van der Waals surface area contributed by atoms with Gasteiger partial charge in [0.1, 0.15) is 0 Å². The standard InChI is InChI=1S/C30H27N/c1-21-9-8-11-26(22(21)2)19-24-15-17-25(18-16-24)23(3)31-20-27-10-4-5-12-28(27)29-13-6-7-14-30(29)31/h4-18H,3,19-20H2,1-2H3. The molecule has 0 spiro atoms. The number of hydrogen-bond acceptors (Lipinski definition) is 1. The summed E-state index contributed by atoms with van der Waals surface area (Å²) in [6.07, 6.45) is 0.959. The molecule has 0 aliphatic carbocycles. The highest BCUT2D eigenvalue weighted by molar-refractivity contribution is 5.91. The van der Waals surface area contributed by atoms with E-state index in [0.717, 1.165) is 18.7 Å². The lowest BCUT2D eigenvalue weighted by Gasteiger charge is -2.34. The third-order valence-electron chi connectivity index (χ3n) is 6.56. The molecule has 152 valence electrons. The van der Waals surface area contributed by atoms with E-state index >= 15 is 0 Å². The number of rotatable bonds is 4. The van der Waals surface area contributed by atoms with E-state index in [9.17, 15) is 0 Å². The Labute approximate surface area is 185 Å². The van der Waals surface area contributed by atoms with Gasteiger partial charge in [0.15, 0.2) is 0 Å². The summed E-state index contributed by atoms with van der Waals surface area (Å²) in [7, 11) is 0. The number of nitrogens with zero attached hydrogens (tertiary/aromatic N) is 1. The van der Waals surface area contributed by atoms with Crippen LogP contribution in [0, 0.1) is 13.8 Å². The van der Waals surface area contributed by atoms with Crippen molar-refractivity contribution in [3.63, 3.8) is 0 Å². The molecule has 0 fully saturated rings. The zero-order chi connectivity index (χ0) is 21.4. The molecule has 1 nitrogen and oxygen atoms in total. The van der Waals surface area contributed by atoms with E-state index in [2.05, 4.69) is 116 Å². The topological polar surface area (TPSA) is 3.24 Å². The van der Waals surface area contributed by atoms with Gasteiger partial charge in [0.2, 0.25) is 0 Å². The van der Waals surface area contributed by atoms with Gasteiger partial charge >= 0.3 is 0 Å². The van der Waals surface area contributed by atoms with E-state index < -0.39 is 0 Å². The Morgan fingerprint density at radius 2 is 1.48 bits per heavy atom. The van der Waals surface area contributed by atoms with Crippen LogP contribution >= 0.6 is 0 Å². The Balaban J connectivity index is 1.43. The molecule has 1 aliphatic rings. The molecule has 0 radical (unpaired) electrons. The first-order valence-corrected chi connectivity index (χ1v) is 10.9. The van der Waals surface area contributed by atoms with Crippen LogP contribution in [0.5, 0.6) is 0 Å². The lowest BCUT2D eigenvalue weighted by Crippen LogP contribution is -2.24. The molecule has 1 aliphatic heterocycles. The number of benzene rings is 4. The van der Waals surface area contributed by atoms with Gasteiger partial charge in [0.05, 0.1) is 0 Å². The van der Waals surface area contributed by atoms with Crippen molar-refractivity contribution in [3.8, 4) is 11.1 Å². The average Bonchev–Trinajstić information content (AvgIpc) is 2.81. The predicted octanol–water partition coefficient (Wildman–Crippen LogP) is 7.55. The van der Waals surface area contributed by atoms with Gasteiger partial charge in [-0.05, 0) is 65.3 Å². The molecular formula is C30H27N. The zero-order valence-corrected chi connectivity index (χ0v) is 18.2. The van der Waals surface area contributed by atoms with Gasteiger partial charge in [-0.25, -0.2) is 0 Å². The van der Waals surface area contributed by atoms with Crippen molar-refractivity contribution in [1.82, 2.24) is 0 Å². The van der Waals surface area contributed by atoms with Crippen LogP contribution in [0.25, 0.3) is 16.8 Å². The summed E-state index contributed by atoms with van der Waals surface area (Å²) in [6, 6.07) is 32.8. The fourth-order valence-corrected chi connectivity index (χ4v) is 4.55. The van der Waals surface area contributed by atoms with Crippen LogP contribution in [-0.4, -0.2) is 0 Å². The van der Waals surface area contributed by atoms with Crippen LogP contribution in [-0.2, 0) is 13.0 Å². The second-order valence-corrected chi connectivity index (χ2v) is 8.44. The minimum absolute atomic E-state index is 0.844. The molecule has 31 heavy (non-hydrogen) atoms. The summed E-state index contributed by atoms with van der Waals surface area (Å²) in [5, 5.41) is 0. The average molecular weight is 402 g/mol. The Hall–Kier alpha value is -3.58. The van der Waals surface area contributed by atoms with E-state index in [0.29, 0.717) is 0 Å². The van der Waals surface area contributed by atoms with Crippen molar-refractivity contribution < 1.29 is 0 Å². The normalized spacial score (nSPS) is 12.3. The summed E-state index contributed by atoms with van der Waals surface area (Å²) >= 11 is 0. The van der Waals surface area contributed by atoms with Gasteiger partial charge in [-0.1, -0.05) is 91.5 Å².